The fourth-order valence-electron chi connectivity index (χ4n) is 0.231. The molecule has 0 saturated heterocycles. The Morgan fingerprint density at radius 3 is 2.42 bits per heavy atom. The van der Waals surface area contributed by atoms with Gasteiger partial charge in [-0.1, -0.05) is 0 Å². The van der Waals surface area contributed by atoms with Gasteiger partial charge in [-0.2, -0.15) is 0 Å². The van der Waals surface area contributed by atoms with Crippen molar-refractivity contribution in [3.63, 3.8) is 0 Å². The zero-order valence-electron chi connectivity index (χ0n) is 5.15. The predicted octanol–water partition coefficient (Wildman–Crippen LogP) is 1.29. The van der Waals surface area contributed by atoms with Gasteiger partial charge in [-0.25, -0.2) is 14.0 Å². The summed E-state index contributed by atoms with van der Waals surface area (Å²) in [5, 5.41) is 15.8. The van der Waals surface area contributed by atoms with Crippen molar-refractivity contribution in [2.45, 2.75) is 0 Å². The zero-order valence-corrected chi connectivity index (χ0v) is 6.94. The van der Waals surface area contributed by atoms with Crippen LogP contribution in [-0.4, -0.2) is 16.3 Å². The summed E-state index contributed by atoms with van der Waals surface area (Å²) in [6, 6.07) is 0. The van der Waals surface area contributed by atoms with Crippen LogP contribution < -0.4 is 0 Å². The molecule has 68 valence electrons. The third-order valence-electron chi connectivity index (χ3n) is 0.463. The Hall–Kier alpha value is -1.20. The predicted molar refractivity (Wildman–Crippen MR) is 32.4 cm³/mol. The van der Waals surface area contributed by atoms with Crippen molar-refractivity contribution < 1.29 is 33.3 Å². The van der Waals surface area contributed by atoms with Crippen molar-refractivity contribution in [3.05, 3.63) is 10.1 Å². The molecule has 0 aliphatic heterocycles. The van der Waals surface area contributed by atoms with Gasteiger partial charge >= 0.3 is 18.5 Å². The SMILES string of the molecule is O=PP(=O)(OC(=O)O)O[N+](=O)[O-]. The van der Waals surface area contributed by atoms with Gasteiger partial charge in [-0.05, 0) is 0 Å². The quantitative estimate of drug-likeness (QED) is 0.422. The molecule has 1 unspecified atom stereocenters. The maximum Gasteiger partial charge on any atom is 0.512 e. The minimum Gasteiger partial charge on any atom is -0.449 e. The second-order valence-corrected chi connectivity index (χ2v) is 4.62. The average molecular weight is 217 g/mol. The molecule has 0 heterocycles. The minimum absolute atomic E-state index is 1.40. The van der Waals surface area contributed by atoms with Crippen molar-refractivity contribution in [2.24, 2.45) is 0 Å². The molecule has 0 aliphatic carbocycles. The van der Waals surface area contributed by atoms with Crippen LogP contribution in [0, 0.1) is 10.1 Å². The van der Waals surface area contributed by atoms with Crippen molar-refractivity contribution in [1.29, 1.82) is 0 Å². The first-order valence-corrected chi connectivity index (χ1v) is 5.17. The molecule has 0 bridgehead atoms. The molecule has 0 radical (unpaired) electrons. The summed E-state index contributed by atoms with van der Waals surface area (Å²) in [4.78, 5) is 19.3. The van der Waals surface area contributed by atoms with Gasteiger partial charge in [0.1, 0.15) is 0 Å². The number of carboxylic acid groups (broad SMARTS) is 1. The van der Waals surface area contributed by atoms with Gasteiger partial charge in [-0.15, -0.1) is 10.1 Å². The molecule has 0 amide bonds. The molecule has 11 heteroatoms. The van der Waals surface area contributed by atoms with Crippen LogP contribution >= 0.6 is 15.4 Å². The zero-order chi connectivity index (χ0) is 9.78. The molecule has 0 spiro atoms. The highest BCUT2D eigenvalue weighted by Crippen LogP contribution is 2.59. The van der Waals surface area contributed by atoms with E-state index in [1.807, 2.05) is 0 Å². The second-order valence-electron chi connectivity index (χ2n) is 1.21. The van der Waals surface area contributed by atoms with Gasteiger partial charge in [0.2, 0.25) is 0 Å². The van der Waals surface area contributed by atoms with E-state index < -0.39 is 26.7 Å². The van der Waals surface area contributed by atoms with E-state index in [4.69, 9.17) is 5.11 Å². The van der Waals surface area contributed by atoms with Gasteiger partial charge in [0.25, 0.3) is 8.15 Å². The molecule has 1 atom stereocenters. The van der Waals surface area contributed by atoms with E-state index in [0.29, 0.717) is 0 Å². The summed E-state index contributed by atoms with van der Waals surface area (Å²) in [5.41, 5.74) is 0. The van der Waals surface area contributed by atoms with E-state index in [1.165, 1.54) is 0 Å². The molecular formula is CHNO8P2. The van der Waals surface area contributed by atoms with E-state index in [1.54, 1.807) is 0 Å². The second kappa shape index (κ2) is 3.99. The van der Waals surface area contributed by atoms with Gasteiger partial charge in [0.05, 0.1) is 0 Å². The Labute approximate surface area is 66.0 Å². The molecule has 0 aromatic carbocycles. The third-order valence-corrected chi connectivity index (χ3v) is 2.45. The normalized spacial score (nSPS) is 14.7. The first-order chi connectivity index (χ1) is 5.39. The first-order valence-electron chi connectivity index (χ1n) is 2.11. The average Bonchev–Trinajstić information content (AvgIpc) is 1.83. The number of carbonyl (C=O) groups is 1. The number of hydrogen-bond donors (Lipinski definition) is 1. The minimum atomic E-state index is -4.69. The third kappa shape index (κ3) is 3.85. The lowest BCUT2D eigenvalue weighted by Gasteiger charge is -2.03. The Bertz CT molecular complexity index is 238. The van der Waals surface area contributed by atoms with E-state index in [9.17, 15) is 24.0 Å². The Balaban J connectivity index is 4.46. The fraction of sp³-hybridized carbons (Fsp3) is 0. The maximum atomic E-state index is 10.6. The number of hydrogen-bond acceptors (Lipinski definition) is 7. The van der Waals surface area contributed by atoms with Crippen molar-refractivity contribution in [3.8, 4) is 0 Å². The monoisotopic (exact) mass is 217 g/mol. The molecular weight excluding hydrogens is 216 g/mol. The van der Waals surface area contributed by atoms with Crippen LogP contribution in [0.4, 0.5) is 4.79 Å². The summed E-state index contributed by atoms with van der Waals surface area (Å²) in [6.07, 6.45) is -2.08. The molecule has 0 fully saturated rings. The molecule has 0 aromatic rings. The van der Waals surface area contributed by atoms with Crippen LogP contribution in [0.1, 0.15) is 0 Å². The highest BCUT2D eigenvalue weighted by Gasteiger charge is 2.33. The Kier molecular flexibility index (Phi) is 3.59. The first kappa shape index (κ1) is 10.8. The lowest BCUT2D eigenvalue weighted by atomic mass is 11.5. The molecule has 0 aliphatic rings. The molecule has 1 N–H and O–H groups in total. The van der Waals surface area contributed by atoms with Crippen molar-refractivity contribution in [1.82, 2.24) is 0 Å². The van der Waals surface area contributed by atoms with Crippen molar-refractivity contribution in [2.75, 3.05) is 0 Å². The smallest absolute Gasteiger partial charge is 0.449 e. The molecule has 0 aromatic heterocycles. The fourth-order valence-corrected chi connectivity index (χ4v) is 1.27. The van der Waals surface area contributed by atoms with Gasteiger partial charge in [-0.3, -0.25) is 4.57 Å². The maximum absolute atomic E-state index is 10.6. The van der Waals surface area contributed by atoms with Crippen LogP contribution in [0.25, 0.3) is 0 Å². The van der Waals surface area contributed by atoms with Crippen LogP contribution in [0.5, 0.6) is 0 Å². The van der Waals surface area contributed by atoms with Crippen LogP contribution in [0.15, 0.2) is 0 Å². The topological polar surface area (TPSA) is 133 Å². The van der Waals surface area contributed by atoms with Gasteiger partial charge in [0, 0.05) is 0 Å². The summed E-state index contributed by atoms with van der Waals surface area (Å²) in [5.74, 6) is 0. The van der Waals surface area contributed by atoms with E-state index in [0.717, 1.165) is 0 Å². The summed E-state index contributed by atoms with van der Waals surface area (Å²) < 4.78 is 27.2. The highest BCUT2D eigenvalue weighted by atomic mass is 32.1. The van der Waals surface area contributed by atoms with E-state index >= 15 is 0 Å². The lowest BCUT2D eigenvalue weighted by Crippen LogP contribution is -2.01. The Morgan fingerprint density at radius 1 is 1.67 bits per heavy atom. The van der Waals surface area contributed by atoms with E-state index in [2.05, 4.69) is 9.15 Å². The molecule has 12 heavy (non-hydrogen) atoms. The molecule has 9 nitrogen and oxygen atoms in total. The van der Waals surface area contributed by atoms with Crippen LogP contribution in [0.3, 0.4) is 0 Å². The van der Waals surface area contributed by atoms with Gasteiger partial charge < -0.3 is 9.63 Å². The Morgan fingerprint density at radius 2 is 2.17 bits per heavy atom. The number of rotatable bonds is 4. The number of nitrogens with zero attached hydrogens (tertiary/aromatic N) is 1. The summed E-state index contributed by atoms with van der Waals surface area (Å²) in [6.45, 7) is 0. The van der Waals surface area contributed by atoms with E-state index in [-0.39, 0.29) is 0 Å². The van der Waals surface area contributed by atoms with Gasteiger partial charge in [0.15, 0.2) is 0 Å². The largest absolute Gasteiger partial charge is 0.512 e. The van der Waals surface area contributed by atoms with Crippen molar-refractivity contribution >= 4 is 21.6 Å². The summed E-state index contributed by atoms with van der Waals surface area (Å²) >= 11 is 0. The van der Waals surface area contributed by atoms with Crippen LogP contribution in [-0.2, 0) is 18.3 Å². The van der Waals surface area contributed by atoms with Crippen LogP contribution in [0.2, 0.25) is 0 Å². The lowest BCUT2D eigenvalue weighted by molar-refractivity contribution is -0.714. The highest BCUT2D eigenvalue weighted by molar-refractivity contribution is 8.15. The molecule has 0 rings (SSSR count). The molecule has 0 saturated carbocycles. The standard InChI is InChI=1S/CHNO8P2/c3-1(4)9-12(8,11-7)10-2(5)6/h(H,3,4). The summed E-state index contributed by atoms with van der Waals surface area (Å²) in [7, 11) is -6.10.